The molecule has 0 amide bonds. The molecule has 0 unspecified atom stereocenters. The van der Waals surface area contributed by atoms with Gasteiger partial charge in [-0.2, -0.15) is 5.26 Å². The molecule has 0 saturated heterocycles. The summed E-state index contributed by atoms with van der Waals surface area (Å²) in [6.45, 7) is 0. The zero-order chi connectivity index (χ0) is 30.6. The molecule has 8 aromatic rings. The van der Waals surface area contributed by atoms with Gasteiger partial charge in [-0.05, 0) is 95.1 Å². The minimum Gasteiger partial charge on any atom is -0.192 e. The third-order valence-corrected chi connectivity index (χ3v) is 9.47. The van der Waals surface area contributed by atoms with E-state index in [1.54, 1.807) is 0 Å². The molecule has 0 saturated carbocycles. The highest BCUT2D eigenvalue weighted by molar-refractivity contribution is 6.22. The fraction of sp³-hybridized carbons (Fsp3) is 0. The van der Waals surface area contributed by atoms with Gasteiger partial charge in [0.2, 0.25) is 0 Å². The van der Waals surface area contributed by atoms with Crippen LogP contribution in [0.3, 0.4) is 0 Å². The van der Waals surface area contributed by atoms with E-state index >= 15 is 0 Å². The molecule has 0 fully saturated rings. The fourth-order valence-electron chi connectivity index (χ4n) is 7.45. The van der Waals surface area contributed by atoms with Gasteiger partial charge in [-0.25, -0.2) is 0 Å². The van der Waals surface area contributed by atoms with Gasteiger partial charge in [0, 0.05) is 5.39 Å². The van der Waals surface area contributed by atoms with Crippen LogP contribution in [0.15, 0.2) is 164 Å². The second-order valence-electron chi connectivity index (χ2n) is 11.9. The molecule has 1 aliphatic carbocycles. The topological polar surface area (TPSA) is 23.8 Å². The Kier molecular flexibility index (Phi) is 5.95. The molecule has 8 aromatic carbocycles. The number of nitriles is 1. The van der Waals surface area contributed by atoms with Crippen LogP contribution in [0.2, 0.25) is 0 Å². The molecule has 0 bridgehead atoms. The summed E-state index contributed by atoms with van der Waals surface area (Å²) in [5, 5.41) is 14.4. The number of nitrogens with zero attached hydrogens (tertiary/aromatic N) is 1. The van der Waals surface area contributed by atoms with Gasteiger partial charge in [-0.3, -0.25) is 0 Å². The Bertz CT molecular complexity index is 2490. The van der Waals surface area contributed by atoms with Crippen molar-refractivity contribution in [1.82, 2.24) is 0 Å². The predicted octanol–water partition coefficient (Wildman–Crippen LogP) is 12.2. The molecule has 0 atom stereocenters. The van der Waals surface area contributed by atoms with Gasteiger partial charge in [0.25, 0.3) is 0 Å². The highest BCUT2D eigenvalue weighted by Crippen LogP contribution is 2.57. The predicted molar refractivity (Wildman–Crippen MR) is 192 cm³/mol. The summed E-state index contributed by atoms with van der Waals surface area (Å²) in [6.07, 6.45) is 0. The second kappa shape index (κ2) is 10.4. The molecular formula is C45H27N. The van der Waals surface area contributed by atoms with Crippen LogP contribution in [0.4, 0.5) is 0 Å². The molecule has 1 nitrogen and oxygen atoms in total. The Morgan fingerprint density at radius 2 is 0.891 bits per heavy atom. The summed E-state index contributed by atoms with van der Waals surface area (Å²) >= 11 is 0. The molecule has 0 aliphatic heterocycles. The van der Waals surface area contributed by atoms with Crippen LogP contribution in [-0.4, -0.2) is 0 Å². The zero-order valence-corrected chi connectivity index (χ0v) is 25.0. The lowest BCUT2D eigenvalue weighted by molar-refractivity contribution is 1.50. The zero-order valence-electron chi connectivity index (χ0n) is 25.0. The van der Waals surface area contributed by atoms with Crippen molar-refractivity contribution >= 4 is 21.5 Å². The van der Waals surface area contributed by atoms with Gasteiger partial charge < -0.3 is 0 Å². The van der Waals surface area contributed by atoms with Gasteiger partial charge in [-0.15, -0.1) is 0 Å². The van der Waals surface area contributed by atoms with Gasteiger partial charge in [0.15, 0.2) is 0 Å². The maximum Gasteiger partial charge on any atom is 0.0998 e. The Labute approximate surface area is 268 Å². The molecule has 1 aliphatic rings. The maximum absolute atomic E-state index is 9.71. The molecular weight excluding hydrogens is 555 g/mol. The monoisotopic (exact) mass is 581 g/mol. The third kappa shape index (κ3) is 3.95. The van der Waals surface area contributed by atoms with Crippen molar-refractivity contribution in [2.75, 3.05) is 0 Å². The van der Waals surface area contributed by atoms with E-state index in [-0.39, 0.29) is 0 Å². The van der Waals surface area contributed by atoms with Crippen molar-refractivity contribution in [2.45, 2.75) is 0 Å². The molecule has 1 heteroatoms. The first-order valence-electron chi connectivity index (χ1n) is 15.7. The first kappa shape index (κ1) is 26.2. The number of benzene rings is 8. The summed E-state index contributed by atoms with van der Waals surface area (Å²) in [5.41, 5.74) is 15.5. The van der Waals surface area contributed by atoms with Crippen molar-refractivity contribution in [3.8, 4) is 72.8 Å². The van der Waals surface area contributed by atoms with Crippen LogP contribution < -0.4 is 0 Å². The molecule has 0 aromatic heterocycles. The summed E-state index contributed by atoms with van der Waals surface area (Å²) in [5.74, 6) is 0. The van der Waals surface area contributed by atoms with Gasteiger partial charge in [0.05, 0.1) is 11.6 Å². The van der Waals surface area contributed by atoms with Crippen LogP contribution in [0, 0.1) is 11.3 Å². The standard InChI is InChI=1S/C45H27N/c46-28-34-25-26-36(37-18-8-7-17-35(34)37)30-21-23-31(24-22-30)40-27-41(29-11-3-1-4-12-29)44-38-19-9-15-32-16-10-20-39(42(32)38)45(44)43(40)33-13-5-2-6-14-33/h1-27H. The van der Waals surface area contributed by atoms with E-state index in [1.165, 1.54) is 66.4 Å². The van der Waals surface area contributed by atoms with Crippen molar-refractivity contribution in [3.05, 3.63) is 169 Å². The van der Waals surface area contributed by atoms with E-state index in [4.69, 9.17) is 0 Å². The number of hydrogen-bond acceptors (Lipinski definition) is 1. The van der Waals surface area contributed by atoms with E-state index in [1.807, 2.05) is 24.3 Å². The third-order valence-electron chi connectivity index (χ3n) is 9.47. The van der Waals surface area contributed by atoms with Crippen LogP contribution in [0.5, 0.6) is 0 Å². The SMILES string of the molecule is N#Cc1ccc(-c2ccc(-c3cc(-c4ccccc4)c4c(c3-c3ccccc3)-c3cccc5cccc-4c35)cc2)c2ccccc12. The number of fused-ring (bicyclic) bond motifs is 4. The molecule has 46 heavy (non-hydrogen) atoms. The lowest BCUT2D eigenvalue weighted by Crippen LogP contribution is -1.94. The minimum atomic E-state index is 0.700. The maximum atomic E-state index is 9.71. The van der Waals surface area contributed by atoms with Crippen LogP contribution in [0.1, 0.15) is 5.56 Å². The van der Waals surface area contributed by atoms with Gasteiger partial charge in [0.1, 0.15) is 0 Å². The smallest absolute Gasteiger partial charge is 0.0998 e. The van der Waals surface area contributed by atoms with Crippen molar-refractivity contribution in [2.24, 2.45) is 0 Å². The average molecular weight is 582 g/mol. The average Bonchev–Trinajstić information content (AvgIpc) is 3.47. The molecule has 0 heterocycles. The molecule has 212 valence electrons. The first-order valence-corrected chi connectivity index (χ1v) is 15.7. The van der Waals surface area contributed by atoms with E-state index in [0.29, 0.717) is 5.56 Å². The molecule has 9 rings (SSSR count). The summed E-state index contributed by atoms with van der Waals surface area (Å²) < 4.78 is 0. The Morgan fingerprint density at radius 3 is 1.57 bits per heavy atom. The van der Waals surface area contributed by atoms with E-state index in [2.05, 4.69) is 146 Å². The van der Waals surface area contributed by atoms with Gasteiger partial charge >= 0.3 is 0 Å². The normalized spacial score (nSPS) is 11.5. The summed E-state index contributed by atoms with van der Waals surface area (Å²) in [4.78, 5) is 0. The lowest BCUT2D eigenvalue weighted by atomic mass is 9.82. The number of hydrogen-bond donors (Lipinski definition) is 0. The number of rotatable bonds is 4. The highest BCUT2D eigenvalue weighted by Gasteiger charge is 2.30. The molecule has 0 radical (unpaired) electrons. The molecule has 0 spiro atoms. The summed E-state index contributed by atoms with van der Waals surface area (Å²) in [7, 11) is 0. The fourth-order valence-corrected chi connectivity index (χ4v) is 7.45. The van der Waals surface area contributed by atoms with Gasteiger partial charge in [-0.1, -0.05) is 152 Å². The minimum absolute atomic E-state index is 0.700. The Hall–Kier alpha value is -6.23. The lowest BCUT2D eigenvalue weighted by Gasteiger charge is -2.21. The van der Waals surface area contributed by atoms with Crippen molar-refractivity contribution in [1.29, 1.82) is 5.26 Å². The molecule has 0 N–H and O–H groups in total. The summed E-state index contributed by atoms with van der Waals surface area (Å²) in [6, 6.07) is 61.0. The second-order valence-corrected chi connectivity index (χ2v) is 11.9. The van der Waals surface area contributed by atoms with E-state index in [9.17, 15) is 5.26 Å². The van der Waals surface area contributed by atoms with Crippen LogP contribution >= 0.6 is 0 Å². The highest BCUT2D eigenvalue weighted by atomic mass is 14.3. The Balaban J connectivity index is 1.33. The van der Waals surface area contributed by atoms with Crippen molar-refractivity contribution < 1.29 is 0 Å². The van der Waals surface area contributed by atoms with Crippen molar-refractivity contribution in [3.63, 3.8) is 0 Å². The quantitative estimate of drug-likeness (QED) is 0.203. The van der Waals surface area contributed by atoms with Crippen LogP contribution in [-0.2, 0) is 0 Å². The van der Waals surface area contributed by atoms with E-state index in [0.717, 1.165) is 21.9 Å². The van der Waals surface area contributed by atoms with Crippen LogP contribution in [0.25, 0.3) is 88.3 Å². The first-order chi connectivity index (χ1) is 22.8. The Morgan fingerprint density at radius 1 is 0.348 bits per heavy atom. The largest absolute Gasteiger partial charge is 0.192 e. The van der Waals surface area contributed by atoms with E-state index < -0.39 is 0 Å².